The van der Waals surface area contributed by atoms with Crippen LogP contribution in [0.25, 0.3) is 0 Å². The van der Waals surface area contributed by atoms with Crippen LogP contribution in [-0.2, 0) is 14.8 Å². The predicted octanol–water partition coefficient (Wildman–Crippen LogP) is 1.45. The van der Waals surface area contributed by atoms with Crippen molar-refractivity contribution in [2.75, 3.05) is 13.1 Å². The standard InChI is InChI=1S/C12H22N2O4S/c1-5-19(16,17)13-10-6-8-14(9-7-10)11(15)18-12(2,3)4/h5,10,13H,1,6-9H2,2-4H3. The van der Waals surface area contributed by atoms with Gasteiger partial charge in [-0.1, -0.05) is 6.58 Å². The number of hydrogen-bond donors (Lipinski definition) is 1. The van der Waals surface area contributed by atoms with E-state index in [4.69, 9.17) is 4.74 Å². The molecule has 0 radical (unpaired) electrons. The molecule has 1 aliphatic rings. The van der Waals surface area contributed by atoms with Gasteiger partial charge in [0.25, 0.3) is 0 Å². The van der Waals surface area contributed by atoms with Crippen molar-refractivity contribution in [3.8, 4) is 0 Å². The topological polar surface area (TPSA) is 75.7 Å². The number of amides is 1. The average Bonchev–Trinajstić information content (AvgIpc) is 2.27. The summed E-state index contributed by atoms with van der Waals surface area (Å²) in [4.78, 5) is 13.4. The Labute approximate surface area is 114 Å². The first-order valence-electron chi connectivity index (χ1n) is 6.26. The highest BCUT2D eigenvalue weighted by molar-refractivity contribution is 7.92. The minimum atomic E-state index is -3.41. The van der Waals surface area contributed by atoms with Crippen LogP contribution in [0.15, 0.2) is 12.0 Å². The van der Waals surface area contributed by atoms with E-state index in [1.807, 2.05) is 20.8 Å². The molecule has 0 aliphatic carbocycles. The maximum absolute atomic E-state index is 11.8. The molecule has 1 amide bonds. The quantitative estimate of drug-likeness (QED) is 0.853. The second-order valence-electron chi connectivity index (χ2n) is 5.57. The largest absolute Gasteiger partial charge is 0.444 e. The van der Waals surface area contributed by atoms with Gasteiger partial charge in [0.2, 0.25) is 10.0 Å². The summed E-state index contributed by atoms with van der Waals surface area (Å²) in [6.45, 7) is 9.66. The predicted molar refractivity (Wildman–Crippen MR) is 73.1 cm³/mol. The third kappa shape index (κ3) is 5.61. The lowest BCUT2D eigenvalue weighted by molar-refractivity contribution is 0.0204. The summed E-state index contributed by atoms with van der Waals surface area (Å²) in [5, 5.41) is 0.896. The highest BCUT2D eigenvalue weighted by Gasteiger charge is 2.27. The van der Waals surface area contributed by atoms with E-state index >= 15 is 0 Å². The van der Waals surface area contributed by atoms with Crippen LogP contribution in [0.3, 0.4) is 0 Å². The van der Waals surface area contributed by atoms with E-state index in [-0.39, 0.29) is 12.1 Å². The van der Waals surface area contributed by atoms with E-state index in [2.05, 4.69) is 11.3 Å². The minimum absolute atomic E-state index is 0.151. The van der Waals surface area contributed by atoms with Crippen molar-refractivity contribution >= 4 is 16.1 Å². The van der Waals surface area contributed by atoms with Gasteiger partial charge in [0, 0.05) is 24.5 Å². The molecular formula is C12H22N2O4S. The molecule has 0 saturated carbocycles. The first-order valence-corrected chi connectivity index (χ1v) is 7.80. The van der Waals surface area contributed by atoms with Crippen molar-refractivity contribution in [3.05, 3.63) is 12.0 Å². The Hall–Kier alpha value is -1.08. The van der Waals surface area contributed by atoms with Gasteiger partial charge in [-0.3, -0.25) is 0 Å². The van der Waals surface area contributed by atoms with E-state index in [1.54, 1.807) is 4.90 Å². The fraction of sp³-hybridized carbons (Fsp3) is 0.750. The second kappa shape index (κ2) is 5.92. The Morgan fingerprint density at radius 1 is 1.37 bits per heavy atom. The zero-order chi connectivity index (χ0) is 14.7. The molecule has 0 aromatic heterocycles. The van der Waals surface area contributed by atoms with Gasteiger partial charge in [0.05, 0.1) is 0 Å². The third-order valence-corrected chi connectivity index (χ3v) is 3.80. The lowest BCUT2D eigenvalue weighted by atomic mass is 10.1. The Kier molecular flexibility index (Phi) is 4.98. The van der Waals surface area contributed by atoms with Crippen LogP contribution in [0.1, 0.15) is 33.6 Å². The number of likely N-dealkylation sites (tertiary alicyclic amines) is 1. The normalized spacial score (nSPS) is 18.2. The number of sulfonamides is 1. The molecule has 1 saturated heterocycles. The summed E-state index contributed by atoms with van der Waals surface area (Å²) in [7, 11) is -3.41. The summed E-state index contributed by atoms with van der Waals surface area (Å²) < 4.78 is 30.5. The molecule has 1 heterocycles. The Bertz CT molecular complexity index is 431. The summed E-state index contributed by atoms with van der Waals surface area (Å²) in [6.07, 6.45) is 0.802. The van der Waals surface area contributed by atoms with Gasteiger partial charge in [-0.25, -0.2) is 17.9 Å². The van der Waals surface area contributed by atoms with Gasteiger partial charge in [0.15, 0.2) is 0 Å². The van der Waals surface area contributed by atoms with Crippen LogP contribution in [-0.4, -0.2) is 44.1 Å². The molecule has 110 valence electrons. The van der Waals surface area contributed by atoms with Crippen molar-refractivity contribution in [2.24, 2.45) is 0 Å². The fourth-order valence-electron chi connectivity index (χ4n) is 1.79. The van der Waals surface area contributed by atoms with Crippen molar-refractivity contribution in [1.29, 1.82) is 0 Å². The number of carbonyl (C=O) groups excluding carboxylic acids is 1. The van der Waals surface area contributed by atoms with Gasteiger partial charge in [-0.15, -0.1) is 0 Å². The highest BCUT2D eigenvalue weighted by atomic mass is 32.2. The van der Waals surface area contributed by atoms with Gasteiger partial charge in [-0.2, -0.15) is 0 Å². The third-order valence-electron chi connectivity index (χ3n) is 2.70. The molecule has 19 heavy (non-hydrogen) atoms. The zero-order valence-corrected chi connectivity index (χ0v) is 12.5. The van der Waals surface area contributed by atoms with Gasteiger partial charge < -0.3 is 9.64 Å². The van der Waals surface area contributed by atoms with Crippen LogP contribution in [0.4, 0.5) is 4.79 Å². The van der Waals surface area contributed by atoms with Gasteiger partial charge in [0.1, 0.15) is 5.60 Å². The minimum Gasteiger partial charge on any atom is -0.444 e. The SMILES string of the molecule is C=CS(=O)(=O)NC1CCN(C(=O)OC(C)(C)C)CC1. The molecule has 0 aromatic carbocycles. The van der Waals surface area contributed by atoms with E-state index in [1.165, 1.54) is 0 Å². The van der Waals surface area contributed by atoms with Crippen LogP contribution in [0.2, 0.25) is 0 Å². The van der Waals surface area contributed by atoms with Gasteiger partial charge in [-0.05, 0) is 33.6 Å². The molecular weight excluding hydrogens is 268 g/mol. The van der Waals surface area contributed by atoms with Crippen molar-refractivity contribution in [3.63, 3.8) is 0 Å². The van der Waals surface area contributed by atoms with Crippen LogP contribution >= 0.6 is 0 Å². The van der Waals surface area contributed by atoms with E-state index in [9.17, 15) is 13.2 Å². The van der Waals surface area contributed by atoms with E-state index in [0.29, 0.717) is 25.9 Å². The molecule has 0 aromatic rings. The van der Waals surface area contributed by atoms with Crippen LogP contribution < -0.4 is 4.72 Å². The number of piperidine rings is 1. The molecule has 0 bridgehead atoms. The first-order chi connectivity index (χ1) is 8.63. The summed E-state index contributed by atoms with van der Waals surface area (Å²) >= 11 is 0. The Morgan fingerprint density at radius 3 is 2.32 bits per heavy atom. The van der Waals surface area contributed by atoms with E-state index in [0.717, 1.165) is 5.41 Å². The van der Waals surface area contributed by atoms with E-state index < -0.39 is 15.6 Å². The van der Waals surface area contributed by atoms with Crippen LogP contribution in [0, 0.1) is 0 Å². The maximum atomic E-state index is 11.8. The van der Waals surface area contributed by atoms with Crippen molar-refractivity contribution < 1.29 is 17.9 Å². The first kappa shape index (κ1) is 16.0. The monoisotopic (exact) mass is 290 g/mol. The fourth-order valence-corrected chi connectivity index (χ4v) is 2.58. The maximum Gasteiger partial charge on any atom is 0.410 e. The number of nitrogens with one attached hydrogen (secondary N) is 1. The molecule has 0 unspecified atom stereocenters. The molecule has 0 spiro atoms. The van der Waals surface area contributed by atoms with Crippen molar-refractivity contribution in [1.82, 2.24) is 9.62 Å². The average molecular weight is 290 g/mol. The van der Waals surface area contributed by atoms with Crippen LogP contribution in [0.5, 0.6) is 0 Å². The molecule has 6 nitrogen and oxygen atoms in total. The number of carbonyl (C=O) groups is 1. The molecule has 0 atom stereocenters. The zero-order valence-electron chi connectivity index (χ0n) is 11.7. The summed E-state index contributed by atoms with van der Waals surface area (Å²) in [6, 6.07) is -0.151. The Balaban J connectivity index is 2.45. The number of rotatable bonds is 3. The van der Waals surface area contributed by atoms with Gasteiger partial charge >= 0.3 is 6.09 Å². The molecule has 1 N–H and O–H groups in total. The molecule has 1 rings (SSSR count). The molecule has 1 fully saturated rings. The highest BCUT2D eigenvalue weighted by Crippen LogP contribution is 2.15. The summed E-state index contributed by atoms with van der Waals surface area (Å²) in [5.74, 6) is 0. The second-order valence-corrected chi connectivity index (χ2v) is 7.23. The summed E-state index contributed by atoms with van der Waals surface area (Å²) in [5.41, 5.74) is -0.516. The number of ether oxygens (including phenoxy) is 1. The smallest absolute Gasteiger partial charge is 0.410 e. The lowest BCUT2D eigenvalue weighted by Crippen LogP contribution is -2.47. The lowest BCUT2D eigenvalue weighted by Gasteiger charge is -2.33. The Morgan fingerprint density at radius 2 is 1.89 bits per heavy atom. The number of hydrogen-bond acceptors (Lipinski definition) is 4. The van der Waals surface area contributed by atoms with Crippen molar-refractivity contribution in [2.45, 2.75) is 45.3 Å². The molecule has 7 heteroatoms. The molecule has 1 aliphatic heterocycles. The number of nitrogens with zero attached hydrogens (tertiary/aromatic N) is 1.